The van der Waals surface area contributed by atoms with Crippen molar-refractivity contribution in [3.8, 4) is 0 Å². The van der Waals surface area contributed by atoms with Gasteiger partial charge in [0.25, 0.3) is 0 Å². The summed E-state index contributed by atoms with van der Waals surface area (Å²) in [5, 5.41) is 0. The van der Waals surface area contributed by atoms with Gasteiger partial charge in [-0.2, -0.15) is 0 Å². The molecule has 0 aliphatic carbocycles. The first-order valence-electron chi connectivity index (χ1n) is 5.49. The summed E-state index contributed by atoms with van der Waals surface area (Å²) in [6.45, 7) is 0.424. The van der Waals surface area contributed by atoms with Crippen molar-refractivity contribution in [2.75, 3.05) is 42.2 Å². The average Bonchev–Trinajstić information content (AvgIpc) is 2.73. The maximum absolute atomic E-state index is 5.75. The Hall–Kier alpha value is -0.240. The van der Waals surface area contributed by atoms with Gasteiger partial charge in [0, 0.05) is 35.5 Å². The van der Waals surface area contributed by atoms with Gasteiger partial charge in [-0.25, -0.2) is 0 Å². The second-order valence-electron chi connectivity index (χ2n) is 3.83. The molecule has 0 radical (unpaired) electrons. The molecule has 0 aromatic rings. The molecule has 0 unspecified atom stereocenters. The Labute approximate surface area is 102 Å². The van der Waals surface area contributed by atoms with Gasteiger partial charge in [-0.1, -0.05) is 0 Å². The lowest BCUT2D eigenvalue weighted by Gasteiger charge is -2.26. The Balaban J connectivity index is 2.76. The van der Waals surface area contributed by atoms with Gasteiger partial charge in [-0.05, 0) is 0 Å². The predicted molar refractivity (Wildman–Crippen MR) is 59.9 cm³/mol. The van der Waals surface area contributed by atoms with Crippen molar-refractivity contribution in [1.29, 1.82) is 0 Å². The molecule has 1 rings (SSSR count). The van der Waals surface area contributed by atoms with E-state index in [-0.39, 0.29) is 24.4 Å². The molecular formula is C11H22O6. The van der Waals surface area contributed by atoms with Crippen molar-refractivity contribution in [3.05, 3.63) is 0 Å². The molecule has 6 heteroatoms. The Kier molecular flexibility index (Phi) is 6.32. The van der Waals surface area contributed by atoms with Crippen LogP contribution in [0.2, 0.25) is 0 Å². The largest absolute Gasteiger partial charge is 0.382 e. The fraction of sp³-hybridized carbons (Fsp3) is 1.00. The Morgan fingerprint density at radius 1 is 0.941 bits per heavy atom. The Morgan fingerprint density at radius 3 is 2.00 bits per heavy atom. The van der Waals surface area contributed by atoms with Crippen molar-refractivity contribution >= 4 is 0 Å². The van der Waals surface area contributed by atoms with Crippen LogP contribution in [0.25, 0.3) is 0 Å². The second kappa shape index (κ2) is 7.25. The van der Waals surface area contributed by atoms with Gasteiger partial charge in [0.05, 0.1) is 6.61 Å². The van der Waals surface area contributed by atoms with Crippen molar-refractivity contribution in [2.45, 2.75) is 30.7 Å². The van der Waals surface area contributed by atoms with Crippen molar-refractivity contribution in [1.82, 2.24) is 0 Å². The molecule has 0 saturated carbocycles. The highest BCUT2D eigenvalue weighted by Gasteiger charge is 2.49. The first-order valence-corrected chi connectivity index (χ1v) is 5.49. The summed E-state index contributed by atoms with van der Waals surface area (Å²) in [6, 6.07) is 0. The molecule has 1 aliphatic rings. The fourth-order valence-electron chi connectivity index (χ4n) is 2.12. The summed E-state index contributed by atoms with van der Waals surface area (Å²) >= 11 is 0. The van der Waals surface area contributed by atoms with Gasteiger partial charge >= 0.3 is 0 Å². The van der Waals surface area contributed by atoms with Gasteiger partial charge < -0.3 is 28.4 Å². The molecule has 5 atom stereocenters. The molecule has 0 aromatic carbocycles. The van der Waals surface area contributed by atoms with Crippen molar-refractivity contribution in [2.24, 2.45) is 0 Å². The highest BCUT2D eigenvalue weighted by atomic mass is 16.7. The quantitative estimate of drug-likeness (QED) is 0.636. The Bertz CT molecular complexity index is 212. The second-order valence-corrected chi connectivity index (χ2v) is 3.83. The van der Waals surface area contributed by atoms with E-state index in [2.05, 4.69) is 0 Å². The minimum atomic E-state index is -0.454. The first-order chi connectivity index (χ1) is 8.23. The van der Waals surface area contributed by atoms with Crippen LogP contribution in [-0.2, 0) is 28.4 Å². The molecule has 102 valence electrons. The molecule has 0 bridgehead atoms. The normalized spacial score (nSPS) is 35.1. The molecule has 1 heterocycles. The summed E-state index contributed by atoms with van der Waals surface area (Å²) in [4.78, 5) is 0. The summed E-state index contributed by atoms with van der Waals surface area (Å²) in [7, 11) is 8.02. The van der Waals surface area contributed by atoms with E-state index in [0.29, 0.717) is 6.61 Å². The number of hydrogen-bond acceptors (Lipinski definition) is 6. The lowest BCUT2D eigenvalue weighted by atomic mass is 10.1. The van der Waals surface area contributed by atoms with Crippen LogP contribution >= 0.6 is 0 Å². The zero-order chi connectivity index (χ0) is 12.8. The molecule has 1 fully saturated rings. The highest BCUT2D eigenvalue weighted by Crippen LogP contribution is 2.29. The van der Waals surface area contributed by atoms with E-state index >= 15 is 0 Å². The molecule has 0 aromatic heterocycles. The molecule has 6 nitrogen and oxygen atoms in total. The topological polar surface area (TPSA) is 55.4 Å². The third-order valence-corrected chi connectivity index (χ3v) is 2.98. The monoisotopic (exact) mass is 250 g/mol. The SMILES string of the molecule is COC[C@H](OC)[C@H]1O[C@@H](OC)[C@@H](OC)[C@H]1OC. The molecular weight excluding hydrogens is 228 g/mol. The molecule has 1 saturated heterocycles. The zero-order valence-electron chi connectivity index (χ0n) is 11.0. The van der Waals surface area contributed by atoms with E-state index in [1.807, 2.05) is 0 Å². The van der Waals surface area contributed by atoms with Crippen molar-refractivity contribution in [3.63, 3.8) is 0 Å². The summed E-state index contributed by atoms with van der Waals surface area (Å²) in [6.07, 6.45) is -1.47. The molecule has 0 amide bonds. The number of rotatable bonds is 7. The molecule has 17 heavy (non-hydrogen) atoms. The third kappa shape index (κ3) is 3.15. The van der Waals surface area contributed by atoms with Crippen LogP contribution in [0.5, 0.6) is 0 Å². The zero-order valence-corrected chi connectivity index (χ0v) is 11.0. The maximum atomic E-state index is 5.75. The van der Waals surface area contributed by atoms with E-state index < -0.39 is 6.29 Å². The lowest BCUT2D eigenvalue weighted by molar-refractivity contribution is -0.175. The van der Waals surface area contributed by atoms with Gasteiger partial charge in [-0.15, -0.1) is 0 Å². The minimum Gasteiger partial charge on any atom is -0.382 e. The molecule has 0 N–H and O–H groups in total. The van der Waals surface area contributed by atoms with E-state index in [9.17, 15) is 0 Å². The first kappa shape index (κ1) is 14.8. The van der Waals surface area contributed by atoms with Crippen LogP contribution < -0.4 is 0 Å². The van der Waals surface area contributed by atoms with Crippen LogP contribution in [0.15, 0.2) is 0 Å². The Morgan fingerprint density at radius 2 is 1.59 bits per heavy atom. The van der Waals surface area contributed by atoms with Crippen LogP contribution in [0, 0.1) is 0 Å². The third-order valence-electron chi connectivity index (χ3n) is 2.98. The van der Waals surface area contributed by atoms with Crippen LogP contribution in [0.4, 0.5) is 0 Å². The smallest absolute Gasteiger partial charge is 0.186 e. The van der Waals surface area contributed by atoms with E-state index in [1.165, 1.54) is 0 Å². The summed E-state index contributed by atoms with van der Waals surface area (Å²) < 4.78 is 32.2. The fourth-order valence-corrected chi connectivity index (χ4v) is 2.12. The predicted octanol–water partition coefficient (Wildman–Crippen LogP) is 0.0491. The summed E-state index contributed by atoms with van der Waals surface area (Å²) in [5.74, 6) is 0. The highest BCUT2D eigenvalue weighted by molar-refractivity contribution is 4.93. The minimum absolute atomic E-state index is 0.220. The number of hydrogen-bond donors (Lipinski definition) is 0. The van der Waals surface area contributed by atoms with Crippen LogP contribution in [0.1, 0.15) is 0 Å². The van der Waals surface area contributed by atoms with E-state index in [1.54, 1.807) is 35.5 Å². The lowest BCUT2D eigenvalue weighted by Crippen LogP contribution is -2.43. The molecule has 0 spiro atoms. The van der Waals surface area contributed by atoms with E-state index in [0.717, 1.165) is 0 Å². The standard InChI is InChI=1S/C11H22O6/c1-12-6-7(13-2)8-9(14-3)10(15-4)11(16-5)17-8/h7-11H,6H2,1-5H3/t7-,8+,9-,10-,11+/m0/s1. The number of ether oxygens (including phenoxy) is 6. The summed E-state index contributed by atoms with van der Waals surface area (Å²) in [5.41, 5.74) is 0. The van der Waals surface area contributed by atoms with Crippen molar-refractivity contribution < 1.29 is 28.4 Å². The average molecular weight is 250 g/mol. The van der Waals surface area contributed by atoms with Crippen LogP contribution in [0.3, 0.4) is 0 Å². The van der Waals surface area contributed by atoms with E-state index in [4.69, 9.17) is 28.4 Å². The van der Waals surface area contributed by atoms with Gasteiger partial charge in [0.15, 0.2) is 6.29 Å². The maximum Gasteiger partial charge on any atom is 0.186 e. The van der Waals surface area contributed by atoms with Gasteiger partial charge in [0.2, 0.25) is 0 Å². The van der Waals surface area contributed by atoms with Gasteiger partial charge in [-0.3, -0.25) is 0 Å². The number of methoxy groups -OCH3 is 5. The molecule has 1 aliphatic heterocycles. The van der Waals surface area contributed by atoms with Gasteiger partial charge in [0.1, 0.15) is 24.4 Å². The van der Waals surface area contributed by atoms with Crippen LogP contribution in [-0.4, -0.2) is 72.9 Å².